The standard InChI is InChI=1S/C17H22N6OS/c1-3-23-16(21-7-9-24-10-8-21)19-20-17(23)25-12-14-11-22-6-4-5-13(2)15(22)18-14/h4-6,11H,3,7-10,12H2,1-2H3. The summed E-state index contributed by atoms with van der Waals surface area (Å²) in [5.74, 6) is 1.72. The van der Waals surface area contributed by atoms with Crippen molar-refractivity contribution < 1.29 is 4.74 Å². The summed E-state index contributed by atoms with van der Waals surface area (Å²) >= 11 is 1.69. The van der Waals surface area contributed by atoms with E-state index in [4.69, 9.17) is 9.72 Å². The smallest absolute Gasteiger partial charge is 0.228 e. The number of rotatable bonds is 5. The summed E-state index contributed by atoms with van der Waals surface area (Å²) < 4.78 is 9.69. The molecular weight excluding hydrogens is 336 g/mol. The molecule has 0 bridgehead atoms. The highest BCUT2D eigenvalue weighted by Crippen LogP contribution is 2.25. The van der Waals surface area contributed by atoms with E-state index in [0.717, 1.165) is 61.0 Å². The molecule has 1 aliphatic heterocycles. The zero-order chi connectivity index (χ0) is 17.2. The van der Waals surface area contributed by atoms with Gasteiger partial charge in [0.2, 0.25) is 5.95 Å². The predicted octanol–water partition coefficient (Wildman–Crippen LogP) is 2.38. The Labute approximate surface area is 151 Å². The van der Waals surface area contributed by atoms with Crippen molar-refractivity contribution in [2.75, 3.05) is 31.2 Å². The third kappa shape index (κ3) is 3.23. The number of nitrogens with zero attached hydrogens (tertiary/aromatic N) is 6. The first-order chi connectivity index (χ1) is 12.3. The van der Waals surface area contributed by atoms with Crippen LogP contribution in [-0.2, 0) is 17.0 Å². The summed E-state index contributed by atoms with van der Waals surface area (Å²) in [7, 11) is 0. The van der Waals surface area contributed by atoms with Gasteiger partial charge in [0, 0.05) is 37.8 Å². The van der Waals surface area contributed by atoms with Gasteiger partial charge in [-0.05, 0) is 25.5 Å². The van der Waals surface area contributed by atoms with Gasteiger partial charge in [-0.2, -0.15) is 0 Å². The largest absolute Gasteiger partial charge is 0.378 e. The van der Waals surface area contributed by atoms with Gasteiger partial charge in [0.25, 0.3) is 0 Å². The minimum atomic E-state index is 0.750. The molecule has 8 heteroatoms. The lowest BCUT2D eigenvalue weighted by atomic mass is 10.3. The van der Waals surface area contributed by atoms with Crippen molar-refractivity contribution in [2.24, 2.45) is 0 Å². The molecule has 1 aliphatic rings. The highest BCUT2D eigenvalue weighted by Gasteiger charge is 2.20. The Hall–Kier alpha value is -2.06. The van der Waals surface area contributed by atoms with E-state index >= 15 is 0 Å². The number of aryl methyl sites for hydroxylation is 1. The van der Waals surface area contributed by atoms with Crippen LogP contribution < -0.4 is 4.90 Å². The topological polar surface area (TPSA) is 60.5 Å². The summed E-state index contributed by atoms with van der Waals surface area (Å²) in [5, 5.41) is 9.77. The molecule has 1 saturated heterocycles. The molecule has 3 aromatic heterocycles. The van der Waals surface area contributed by atoms with Gasteiger partial charge in [0.1, 0.15) is 5.65 Å². The summed E-state index contributed by atoms with van der Waals surface area (Å²) in [6.07, 6.45) is 4.12. The van der Waals surface area contributed by atoms with E-state index in [-0.39, 0.29) is 0 Å². The molecule has 0 unspecified atom stereocenters. The Morgan fingerprint density at radius 1 is 1.24 bits per heavy atom. The van der Waals surface area contributed by atoms with Gasteiger partial charge in [0.05, 0.1) is 18.9 Å². The molecule has 0 radical (unpaired) electrons. The molecule has 4 rings (SSSR count). The Kier molecular flexibility index (Phi) is 4.63. The fourth-order valence-electron chi connectivity index (χ4n) is 3.07. The number of thioether (sulfide) groups is 1. The highest BCUT2D eigenvalue weighted by molar-refractivity contribution is 7.98. The predicted molar refractivity (Wildman–Crippen MR) is 98.2 cm³/mol. The average molecular weight is 358 g/mol. The first-order valence-corrected chi connectivity index (χ1v) is 9.56. The maximum Gasteiger partial charge on any atom is 0.228 e. The molecule has 25 heavy (non-hydrogen) atoms. The van der Waals surface area contributed by atoms with E-state index in [9.17, 15) is 0 Å². The van der Waals surface area contributed by atoms with Gasteiger partial charge in [0.15, 0.2) is 5.16 Å². The number of pyridine rings is 1. The second-order valence-electron chi connectivity index (χ2n) is 6.07. The summed E-state index contributed by atoms with van der Waals surface area (Å²) in [6.45, 7) is 8.31. The lowest BCUT2D eigenvalue weighted by Gasteiger charge is -2.27. The third-order valence-electron chi connectivity index (χ3n) is 4.38. The van der Waals surface area contributed by atoms with Crippen LogP contribution in [0.5, 0.6) is 0 Å². The van der Waals surface area contributed by atoms with Gasteiger partial charge >= 0.3 is 0 Å². The zero-order valence-corrected chi connectivity index (χ0v) is 15.4. The van der Waals surface area contributed by atoms with Crippen LogP contribution in [0, 0.1) is 6.92 Å². The SMILES string of the molecule is CCn1c(SCc2cn3cccc(C)c3n2)nnc1N1CCOCC1. The number of anilines is 1. The number of imidazole rings is 1. The fourth-order valence-corrected chi connectivity index (χ4v) is 3.96. The van der Waals surface area contributed by atoms with Crippen molar-refractivity contribution in [3.63, 3.8) is 0 Å². The molecule has 0 aliphatic carbocycles. The number of fused-ring (bicyclic) bond motifs is 1. The maximum absolute atomic E-state index is 5.43. The number of hydrogen-bond donors (Lipinski definition) is 0. The van der Waals surface area contributed by atoms with Crippen LogP contribution in [0.1, 0.15) is 18.2 Å². The molecule has 132 valence electrons. The number of ether oxygens (including phenoxy) is 1. The first kappa shape index (κ1) is 16.4. The Balaban J connectivity index is 1.52. The molecule has 0 atom stereocenters. The van der Waals surface area contributed by atoms with Gasteiger partial charge in [-0.3, -0.25) is 4.57 Å². The van der Waals surface area contributed by atoms with E-state index in [1.54, 1.807) is 11.8 Å². The molecule has 4 heterocycles. The van der Waals surface area contributed by atoms with Crippen LogP contribution in [0.25, 0.3) is 5.65 Å². The van der Waals surface area contributed by atoms with E-state index < -0.39 is 0 Å². The minimum Gasteiger partial charge on any atom is -0.378 e. The molecule has 3 aromatic rings. The van der Waals surface area contributed by atoms with Crippen molar-refractivity contribution >= 4 is 23.4 Å². The Morgan fingerprint density at radius 2 is 2.08 bits per heavy atom. The summed E-state index contributed by atoms with van der Waals surface area (Å²) in [4.78, 5) is 6.99. The van der Waals surface area contributed by atoms with E-state index in [1.807, 2.05) is 12.3 Å². The molecule has 0 N–H and O–H groups in total. The van der Waals surface area contributed by atoms with Crippen molar-refractivity contribution in [3.05, 3.63) is 35.8 Å². The fraction of sp³-hybridized carbons (Fsp3) is 0.471. The lowest BCUT2D eigenvalue weighted by molar-refractivity contribution is 0.121. The van der Waals surface area contributed by atoms with E-state index in [0.29, 0.717) is 0 Å². The van der Waals surface area contributed by atoms with Crippen LogP contribution >= 0.6 is 11.8 Å². The Morgan fingerprint density at radius 3 is 2.84 bits per heavy atom. The quantitative estimate of drug-likeness (QED) is 0.653. The minimum absolute atomic E-state index is 0.750. The first-order valence-electron chi connectivity index (χ1n) is 8.58. The van der Waals surface area contributed by atoms with Crippen LogP contribution in [0.15, 0.2) is 29.7 Å². The van der Waals surface area contributed by atoms with Crippen LogP contribution in [0.3, 0.4) is 0 Å². The summed E-state index contributed by atoms with van der Waals surface area (Å²) in [5.41, 5.74) is 3.26. The van der Waals surface area contributed by atoms with Gasteiger partial charge in [-0.25, -0.2) is 4.98 Å². The number of morpholine rings is 1. The summed E-state index contributed by atoms with van der Waals surface area (Å²) in [6, 6.07) is 4.13. The molecule has 7 nitrogen and oxygen atoms in total. The lowest BCUT2D eigenvalue weighted by Crippen LogP contribution is -2.38. The average Bonchev–Trinajstić information content (AvgIpc) is 3.25. The zero-order valence-electron chi connectivity index (χ0n) is 14.6. The second kappa shape index (κ2) is 7.05. The molecule has 0 amide bonds. The molecule has 1 fully saturated rings. The van der Waals surface area contributed by atoms with Crippen molar-refractivity contribution in [2.45, 2.75) is 31.3 Å². The number of aromatic nitrogens is 5. The van der Waals surface area contributed by atoms with Crippen molar-refractivity contribution in [1.29, 1.82) is 0 Å². The molecule has 0 saturated carbocycles. The van der Waals surface area contributed by atoms with Crippen LogP contribution in [-0.4, -0.2) is 50.5 Å². The molecular formula is C17H22N6OS. The van der Waals surface area contributed by atoms with Crippen molar-refractivity contribution in [1.82, 2.24) is 24.1 Å². The van der Waals surface area contributed by atoms with E-state index in [1.165, 1.54) is 5.56 Å². The second-order valence-corrected chi connectivity index (χ2v) is 7.01. The van der Waals surface area contributed by atoms with Crippen molar-refractivity contribution in [3.8, 4) is 0 Å². The van der Waals surface area contributed by atoms with Gasteiger partial charge in [-0.15, -0.1) is 10.2 Å². The highest BCUT2D eigenvalue weighted by atomic mass is 32.2. The molecule has 0 aromatic carbocycles. The van der Waals surface area contributed by atoms with Gasteiger partial charge < -0.3 is 14.0 Å². The van der Waals surface area contributed by atoms with E-state index in [2.05, 4.69) is 50.2 Å². The Bertz CT molecular complexity index is 867. The molecule has 0 spiro atoms. The monoisotopic (exact) mass is 358 g/mol. The van der Waals surface area contributed by atoms with Crippen LogP contribution in [0.4, 0.5) is 5.95 Å². The normalized spacial score (nSPS) is 15.2. The van der Waals surface area contributed by atoms with Gasteiger partial charge in [-0.1, -0.05) is 17.8 Å². The third-order valence-corrected chi connectivity index (χ3v) is 5.38. The number of hydrogen-bond acceptors (Lipinski definition) is 6. The maximum atomic E-state index is 5.43. The van der Waals surface area contributed by atoms with Crippen LogP contribution in [0.2, 0.25) is 0 Å².